The van der Waals surface area contributed by atoms with Gasteiger partial charge in [-0.05, 0) is 24.6 Å². The second kappa shape index (κ2) is 6.12. The molecule has 0 spiro atoms. The zero-order valence-electron chi connectivity index (χ0n) is 10.2. The monoisotopic (exact) mass is 307 g/mol. The lowest BCUT2D eigenvalue weighted by Gasteiger charge is -2.14. The fourth-order valence-corrected chi connectivity index (χ4v) is 2.12. The summed E-state index contributed by atoms with van der Waals surface area (Å²) in [6, 6.07) is 15.5. The van der Waals surface area contributed by atoms with Crippen molar-refractivity contribution in [2.45, 2.75) is 19.5 Å². The highest BCUT2D eigenvalue weighted by Crippen LogP contribution is 2.17. The van der Waals surface area contributed by atoms with Crippen molar-refractivity contribution in [2.75, 3.05) is 0 Å². The van der Waals surface area contributed by atoms with E-state index in [4.69, 9.17) is 0 Å². The molecule has 18 heavy (non-hydrogen) atoms. The van der Waals surface area contributed by atoms with Gasteiger partial charge in [0, 0.05) is 22.6 Å². The third-order valence-electron chi connectivity index (χ3n) is 2.91. The van der Waals surface area contributed by atoms with E-state index in [0.717, 1.165) is 4.47 Å². The van der Waals surface area contributed by atoms with Gasteiger partial charge in [-0.25, -0.2) is 4.39 Å². The Morgan fingerprint density at radius 2 is 1.89 bits per heavy atom. The SMILES string of the molecule is CC(NCc1ccc(Br)cc1F)c1ccccc1. The molecule has 0 aromatic heterocycles. The van der Waals surface area contributed by atoms with Crippen LogP contribution in [-0.2, 0) is 6.54 Å². The van der Waals surface area contributed by atoms with Crippen molar-refractivity contribution in [3.05, 3.63) is 69.9 Å². The van der Waals surface area contributed by atoms with Crippen LogP contribution >= 0.6 is 15.9 Å². The molecule has 2 aromatic rings. The molecule has 0 saturated carbocycles. The summed E-state index contributed by atoms with van der Waals surface area (Å²) in [5, 5.41) is 3.32. The second-order valence-corrected chi connectivity index (χ2v) is 5.16. The molecule has 0 amide bonds. The second-order valence-electron chi connectivity index (χ2n) is 4.25. The van der Waals surface area contributed by atoms with E-state index in [1.165, 1.54) is 11.6 Å². The largest absolute Gasteiger partial charge is 0.306 e. The Hall–Kier alpha value is -1.19. The third-order valence-corrected chi connectivity index (χ3v) is 3.41. The summed E-state index contributed by atoms with van der Waals surface area (Å²) in [6.45, 7) is 2.60. The Balaban J connectivity index is 1.99. The quantitative estimate of drug-likeness (QED) is 0.880. The normalized spacial score (nSPS) is 12.4. The van der Waals surface area contributed by atoms with Crippen LogP contribution in [0.1, 0.15) is 24.1 Å². The predicted octanol–water partition coefficient (Wildman–Crippen LogP) is 4.44. The van der Waals surface area contributed by atoms with Crippen molar-refractivity contribution >= 4 is 15.9 Å². The Morgan fingerprint density at radius 1 is 1.17 bits per heavy atom. The molecule has 0 bridgehead atoms. The van der Waals surface area contributed by atoms with Crippen LogP contribution in [0.15, 0.2) is 53.0 Å². The molecular weight excluding hydrogens is 293 g/mol. The number of nitrogens with one attached hydrogen (secondary N) is 1. The summed E-state index contributed by atoms with van der Waals surface area (Å²) in [5.74, 6) is -0.183. The maximum atomic E-state index is 13.6. The molecule has 0 aliphatic heterocycles. The van der Waals surface area contributed by atoms with Crippen LogP contribution in [0, 0.1) is 5.82 Å². The maximum absolute atomic E-state index is 13.6. The van der Waals surface area contributed by atoms with Crippen LogP contribution in [0.5, 0.6) is 0 Å². The summed E-state index contributed by atoms with van der Waals surface area (Å²) < 4.78 is 14.4. The first-order chi connectivity index (χ1) is 8.66. The van der Waals surface area contributed by atoms with Crippen LogP contribution in [0.2, 0.25) is 0 Å². The predicted molar refractivity (Wildman–Crippen MR) is 75.8 cm³/mol. The molecule has 3 heteroatoms. The van der Waals surface area contributed by atoms with Crippen molar-refractivity contribution in [2.24, 2.45) is 0 Å². The number of rotatable bonds is 4. The minimum atomic E-state index is -0.183. The molecule has 1 nitrogen and oxygen atoms in total. The molecule has 2 aromatic carbocycles. The lowest BCUT2D eigenvalue weighted by atomic mass is 10.1. The topological polar surface area (TPSA) is 12.0 Å². The molecule has 0 heterocycles. The van der Waals surface area contributed by atoms with Crippen LogP contribution in [0.25, 0.3) is 0 Å². The average Bonchev–Trinajstić information content (AvgIpc) is 2.38. The van der Waals surface area contributed by atoms with Gasteiger partial charge in [0.15, 0.2) is 0 Å². The van der Waals surface area contributed by atoms with Gasteiger partial charge in [-0.3, -0.25) is 0 Å². The third kappa shape index (κ3) is 3.40. The van der Waals surface area contributed by atoms with Gasteiger partial charge in [0.25, 0.3) is 0 Å². The molecule has 0 fully saturated rings. The molecule has 1 atom stereocenters. The van der Waals surface area contributed by atoms with Gasteiger partial charge in [-0.1, -0.05) is 52.3 Å². The van der Waals surface area contributed by atoms with E-state index in [-0.39, 0.29) is 11.9 Å². The first-order valence-electron chi connectivity index (χ1n) is 5.89. The molecule has 94 valence electrons. The van der Waals surface area contributed by atoms with Gasteiger partial charge in [0.05, 0.1) is 0 Å². The molecule has 0 radical (unpaired) electrons. The number of halogens is 2. The number of benzene rings is 2. The van der Waals surface area contributed by atoms with Crippen molar-refractivity contribution in [1.82, 2.24) is 5.32 Å². The minimum absolute atomic E-state index is 0.183. The average molecular weight is 308 g/mol. The molecule has 1 N–H and O–H groups in total. The van der Waals surface area contributed by atoms with Gasteiger partial charge in [0.2, 0.25) is 0 Å². The van der Waals surface area contributed by atoms with E-state index in [1.807, 2.05) is 24.3 Å². The molecule has 0 aliphatic rings. The number of hydrogen-bond donors (Lipinski definition) is 1. The van der Waals surface area contributed by atoms with Gasteiger partial charge >= 0.3 is 0 Å². The van der Waals surface area contributed by atoms with Gasteiger partial charge < -0.3 is 5.32 Å². The fourth-order valence-electron chi connectivity index (χ4n) is 1.79. The van der Waals surface area contributed by atoms with Crippen molar-refractivity contribution in [1.29, 1.82) is 0 Å². The Kier molecular flexibility index (Phi) is 4.50. The highest BCUT2D eigenvalue weighted by atomic mass is 79.9. The van der Waals surface area contributed by atoms with Crippen LogP contribution in [0.4, 0.5) is 4.39 Å². The smallest absolute Gasteiger partial charge is 0.128 e. The van der Waals surface area contributed by atoms with Crippen molar-refractivity contribution in [3.63, 3.8) is 0 Å². The van der Waals surface area contributed by atoms with Crippen molar-refractivity contribution in [3.8, 4) is 0 Å². The molecule has 0 saturated heterocycles. The zero-order chi connectivity index (χ0) is 13.0. The zero-order valence-corrected chi connectivity index (χ0v) is 11.7. The van der Waals surface area contributed by atoms with Crippen LogP contribution < -0.4 is 5.32 Å². The summed E-state index contributed by atoms with van der Waals surface area (Å²) in [6.07, 6.45) is 0. The van der Waals surface area contributed by atoms with Gasteiger partial charge in [-0.2, -0.15) is 0 Å². The Labute approximate surface area is 115 Å². The number of hydrogen-bond acceptors (Lipinski definition) is 1. The highest BCUT2D eigenvalue weighted by Gasteiger charge is 2.06. The lowest BCUT2D eigenvalue weighted by molar-refractivity contribution is 0.544. The summed E-state index contributed by atoms with van der Waals surface area (Å²) in [5.41, 5.74) is 1.89. The van der Waals surface area contributed by atoms with Crippen LogP contribution in [0.3, 0.4) is 0 Å². The van der Waals surface area contributed by atoms with Crippen molar-refractivity contribution < 1.29 is 4.39 Å². The highest BCUT2D eigenvalue weighted by molar-refractivity contribution is 9.10. The fraction of sp³-hybridized carbons (Fsp3) is 0.200. The van der Waals surface area contributed by atoms with Gasteiger partial charge in [0.1, 0.15) is 5.82 Å². The minimum Gasteiger partial charge on any atom is -0.306 e. The molecule has 0 aliphatic carbocycles. The lowest BCUT2D eigenvalue weighted by Crippen LogP contribution is -2.18. The summed E-state index contributed by atoms with van der Waals surface area (Å²) >= 11 is 3.25. The summed E-state index contributed by atoms with van der Waals surface area (Å²) in [4.78, 5) is 0. The van der Waals surface area contributed by atoms with Gasteiger partial charge in [-0.15, -0.1) is 0 Å². The Bertz CT molecular complexity index is 513. The maximum Gasteiger partial charge on any atom is 0.128 e. The Morgan fingerprint density at radius 3 is 2.56 bits per heavy atom. The van der Waals surface area contributed by atoms with E-state index >= 15 is 0 Å². The molecular formula is C15H15BrFN. The van der Waals surface area contributed by atoms with E-state index in [0.29, 0.717) is 12.1 Å². The molecule has 2 rings (SSSR count). The first kappa shape index (κ1) is 13.2. The first-order valence-corrected chi connectivity index (χ1v) is 6.68. The van der Waals surface area contributed by atoms with E-state index in [1.54, 1.807) is 6.07 Å². The van der Waals surface area contributed by atoms with E-state index in [2.05, 4.69) is 40.3 Å². The van der Waals surface area contributed by atoms with E-state index < -0.39 is 0 Å². The van der Waals surface area contributed by atoms with Crippen LogP contribution in [-0.4, -0.2) is 0 Å². The van der Waals surface area contributed by atoms with E-state index in [9.17, 15) is 4.39 Å². The summed E-state index contributed by atoms with van der Waals surface area (Å²) in [7, 11) is 0. The molecule has 1 unspecified atom stereocenters. The standard InChI is InChI=1S/C15H15BrFN/c1-11(12-5-3-2-4-6-12)18-10-13-7-8-14(16)9-15(13)17/h2-9,11,18H,10H2,1H3.